The molecule has 0 amide bonds. The summed E-state index contributed by atoms with van der Waals surface area (Å²) in [4.78, 5) is 15.3. The van der Waals surface area contributed by atoms with Gasteiger partial charge in [0.25, 0.3) is 5.84 Å². The summed E-state index contributed by atoms with van der Waals surface area (Å²) in [6.07, 6.45) is 1.24. The highest BCUT2D eigenvalue weighted by Crippen LogP contribution is 2.08. The Morgan fingerprint density at radius 3 is 2.71 bits per heavy atom. The Morgan fingerprint density at radius 2 is 2.29 bits per heavy atom. The Labute approximate surface area is 93.8 Å². The molecular formula is C6H11Cl2N4O2. The molecule has 1 aliphatic rings. The van der Waals surface area contributed by atoms with Crippen molar-refractivity contribution in [1.82, 2.24) is 9.89 Å². The van der Waals surface area contributed by atoms with E-state index >= 15 is 0 Å². The molecule has 1 rings (SSSR count). The molecule has 0 atom stereocenters. The number of nitro groups is 1. The van der Waals surface area contributed by atoms with Crippen LogP contribution in [0.4, 0.5) is 0 Å². The number of amidine groups is 1. The molecule has 1 heterocycles. The van der Waals surface area contributed by atoms with Gasteiger partial charge >= 0.3 is 5.82 Å². The van der Waals surface area contributed by atoms with Gasteiger partial charge < -0.3 is 28.3 Å². The number of aliphatic imine (C=N–C) groups is 1. The molecule has 0 aromatic carbocycles. The van der Waals surface area contributed by atoms with Crippen LogP contribution in [0.15, 0.2) is 12.0 Å². The molecule has 2 N–H and O–H groups in total. The molecule has 0 unspecified atom stereocenters. The first-order chi connectivity index (χ1) is 5.66. The highest BCUT2D eigenvalue weighted by molar-refractivity contribution is 5.85. The summed E-state index contributed by atoms with van der Waals surface area (Å²) in [6.45, 7) is 2.52. The Hall–Kier alpha value is -0.850. The van der Waals surface area contributed by atoms with Gasteiger partial charge in [0.15, 0.2) is 0 Å². The van der Waals surface area contributed by atoms with Crippen molar-refractivity contribution in [1.29, 1.82) is 0 Å². The molecule has 0 fully saturated rings. The van der Waals surface area contributed by atoms with Crippen LogP contribution >= 0.6 is 12.4 Å². The molecule has 8 heteroatoms. The molecular weight excluding hydrogens is 231 g/mol. The second kappa shape index (κ2) is 6.58. The van der Waals surface area contributed by atoms with E-state index in [-0.39, 0.29) is 30.6 Å². The van der Waals surface area contributed by atoms with Crippen LogP contribution in [0.1, 0.15) is 6.92 Å². The molecule has 81 valence electrons. The predicted octanol–water partition coefficient (Wildman–Crippen LogP) is -3.48. The molecule has 1 radical (unpaired) electrons. The van der Waals surface area contributed by atoms with Crippen LogP contribution in [0.5, 0.6) is 0 Å². The number of nitrogens with two attached hydrogens (primary N) is 1. The second-order valence-corrected chi connectivity index (χ2v) is 2.36. The number of rotatable bonds is 3. The van der Waals surface area contributed by atoms with E-state index < -0.39 is 4.92 Å². The first kappa shape index (κ1) is 15.6. The summed E-state index contributed by atoms with van der Waals surface area (Å²) >= 11 is 0. The number of hydrogen-bond donors (Lipinski definition) is 1. The van der Waals surface area contributed by atoms with Crippen LogP contribution in [0.3, 0.4) is 0 Å². The van der Waals surface area contributed by atoms with Crippen molar-refractivity contribution in [2.24, 2.45) is 5.73 Å². The van der Waals surface area contributed by atoms with Crippen molar-refractivity contribution >= 4 is 18.2 Å². The Bertz CT molecular complexity index is 267. The van der Waals surface area contributed by atoms with Crippen molar-refractivity contribution in [2.45, 2.75) is 6.92 Å². The molecule has 0 aliphatic carbocycles. The zero-order valence-corrected chi connectivity index (χ0v) is 9.09. The monoisotopic (exact) mass is 241 g/mol. The number of nitrogens with zero attached hydrogens (tertiary/aromatic N) is 3. The minimum absolute atomic E-state index is 0. The maximum atomic E-state index is 10.4. The number of hydrogen-bond acceptors (Lipinski definition) is 5. The largest absolute Gasteiger partial charge is 1.00 e. The first-order valence-electron chi connectivity index (χ1n) is 3.53. The second-order valence-electron chi connectivity index (χ2n) is 2.36. The standard InChI is InChI=1S/C6H10N4O2.2ClH/c1-5-8-4-6(10(11)12)9(5)3-2-7;;/h4H,2-3,7H2,1H3;2*1H/q+1;;/p-1. The van der Waals surface area contributed by atoms with Gasteiger partial charge in [-0.2, -0.15) is 4.90 Å². The van der Waals surface area contributed by atoms with E-state index in [4.69, 9.17) is 5.73 Å². The lowest BCUT2D eigenvalue weighted by Crippen LogP contribution is -3.00. The summed E-state index contributed by atoms with van der Waals surface area (Å²) in [5, 5.41) is 10.4. The normalized spacial score (nSPS) is 13.7. The third-order valence-electron chi connectivity index (χ3n) is 1.57. The molecule has 1 aliphatic heterocycles. The first-order valence-corrected chi connectivity index (χ1v) is 3.53. The van der Waals surface area contributed by atoms with Crippen LogP contribution in [0.25, 0.3) is 0 Å². The molecule has 0 aromatic heterocycles. The quantitative estimate of drug-likeness (QED) is 0.411. The minimum atomic E-state index is -0.463. The lowest BCUT2D eigenvalue weighted by atomic mass is 10.5. The summed E-state index contributed by atoms with van der Waals surface area (Å²) in [7, 11) is 0. The van der Waals surface area contributed by atoms with Crippen LogP contribution in [0, 0.1) is 10.1 Å². The molecule has 0 saturated heterocycles. The summed E-state index contributed by atoms with van der Waals surface area (Å²) in [6, 6.07) is 0. The number of halogens is 2. The summed E-state index contributed by atoms with van der Waals surface area (Å²) < 4.78 is 0. The highest BCUT2D eigenvalue weighted by atomic mass is 35.5. The molecule has 0 spiro atoms. The van der Waals surface area contributed by atoms with Gasteiger partial charge in [-0.05, 0) is 9.92 Å². The van der Waals surface area contributed by atoms with Crippen molar-refractivity contribution in [3.05, 3.63) is 22.1 Å². The molecule has 14 heavy (non-hydrogen) atoms. The van der Waals surface area contributed by atoms with Gasteiger partial charge in [-0.25, -0.2) is 0 Å². The highest BCUT2D eigenvalue weighted by Gasteiger charge is 2.32. The van der Waals surface area contributed by atoms with E-state index in [9.17, 15) is 10.1 Å². The van der Waals surface area contributed by atoms with Gasteiger partial charge in [0, 0.05) is 13.5 Å². The van der Waals surface area contributed by atoms with Crippen LogP contribution < -0.4 is 23.1 Å². The van der Waals surface area contributed by atoms with Crippen molar-refractivity contribution in [3.63, 3.8) is 0 Å². The van der Waals surface area contributed by atoms with Gasteiger partial charge in [0.2, 0.25) is 6.20 Å². The average Bonchev–Trinajstić information content (AvgIpc) is 2.34. The molecule has 6 nitrogen and oxygen atoms in total. The fourth-order valence-electron chi connectivity index (χ4n) is 1.01. The lowest BCUT2D eigenvalue weighted by molar-refractivity contribution is -0.441. The van der Waals surface area contributed by atoms with Gasteiger partial charge in [-0.3, -0.25) is 0 Å². The lowest BCUT2D eigenvalue weighted by Gasteiger charge is -2.08. The van der Waals surface area contributed by atoms with Crippen molar-refractivity contribution in [2.75, 3.05) is 13.1 Å². The van der Waals surface area contributed by atoms with Gasteiger partial charge in [-0.1, -0.05) is 0 Å². The fourth-order valence-corrected chi connectivity index (χ4v) is 1.01. The van der Waals surface area contributed by atoms with Crippen LogP contribution in [-0.2, 0) is 0 Å². The van der Waals surface area contributed by atoms with E-state index in [0.29, 0.717) is 18.9 Å². The van der Waals surface area contributed by atoms with E-state index in [1.54, 1.807) is 6.92 Å². The maximum Gasteiger partial charge on any atom is 0.370 e. The van der Waals surface area contributed by atoms with Gasteiger partial charge in [0.1, 0.15) is 6.54 Å². The van der Waals surface area contributed by atoms with Gasteiger partial charge in [0.05, 0.1) is 0 Å². The third-order valence-corrected chi connectivity index (χ3v) is 1.57. The van der Waals surface area contributed by atoms with E-state index in [0.717, 1.165) is 0 Å². The van der Waals surface area contributed by atoms with Crippen LogP contribution in [-0.4, -0.2) is 28.7 Å². The molecule has 0 saturated carbocycles. The Morgan fingerprint density at radius 1 is 1.71 bits per heavy atom. The average molecular weight is 242 g/mol. The fraction of sp³-hybridized carbons (Fsp3) is 0.500. The van der Waals surface area contributed by atoms with Crippen molar-refractivity contribution < 1.29 is 17.3 Å². The van der Waals surface area contributed by atoms with E-state index in [1.807, 2.05) is 0 Å². The molecule has 0 bridgehead atoms. The van der Waals surface area contributed by atoms with Crippen LogP contribution in [0.2, 0.25) is 0 Å². The Balaban J connectivity index is 0. The zero-order valence-electron chi connectivity index (χ0n) is 7.51. The molecule has 0 aromatic rings. The minimum Gasteiger partial charge on any atom is -1.00 e. The topological polar surface area (TPSA) is 86.5 Å². The van der Waals surface area contributed by atoms with E-state index in [2.05, 4.69) is 4.99 Å². The van der Waals surface area contributed by atoms with Crippen molar-refractivity contribution in [3.8, 4) is 0 Å². The smallest absolute Gasteiger partial charge is 0.370 e. The zero-order chi connectivity index (χ0) is 9.14. The summed E-state index contributed by atoms with van der Waals surface area (Å²) in [5.41, 5.74) is 5.29. The summed E-state index contributed by atoms with van der Waals surface area (Å²) in [5.74, 6) is 0.616. The van der Waals surface area contributed by atoms with E-state index in [1.165, 1.54) is 11.1 Å². The SMILES string of the molecule is CC1=[N+]C=C([N+](=O)[O-])N1CCN.Cl.[Cl-]. The Kier molecular flexibility index (Phi) is 7.34. The maximum absolute atomic E-state index is 10.4. The predicted molar refractivity (Wildman–Crippen MR) is 50.9 cm³/mol. The van der Waals surface area contributed by atoms with Gasteiger partial charge in [-0.15, -0.1) is 12.4 Å². The third kappa shape index (κ3) is 3.13.